The van der Waals surface area contributed by atoms with Crippen LogP contribution in [0.5, 0.6) is 0 Å². The molecule has 0 amide bonds. The maximum atomic E-state index is 11.3. The summed E-state index contributed by atoms with van der Waals surface area (Å²) in [5.41, 5.74) is 7.78. The molecule has 0 spiro atoms. The molecular weight excluding hydrogens is 258 g/mol. The number of carboxylic acids is 2. The van der Waals surface area contributed by atoms with Gasteiger partial charge in [-0.05, 0) is 47.9 Å². The lowest BCUT2D eigenvalue weighted by Crippen LogP contribution is -2.06. The van der Waals surface area contributed by atoms with Gasteiger partial charge in [-0.25, -0.2) is 9.59 Å². The molecule has 0 aliphatic rings. The van der Waals surface area contributed by atoms with Crippen molar-refractivity contribution >= 4 is 17.6 Å². The van der Waals surface area contributed by atoms with Crippen molar-refractivity contribution < 1.29 is 19.8 Å². The molecule has 0 saturated carbocycles. The first-order valence-corrected chi connectivity index (χ1v) is 5.87. The highest BCUT2D eigenvalue weighted by atomic mass is 16.4. The van der Waals surface area contributed by atoms with Gasteiger partial charge in [0.25, 0.3) is 0 Å². The van der Waals surface area contributed by atoms with Gasteiger partial charge in [0.2, 0.25) is 0 Å². The van der Waals surface area contributed by atoms with Gasteiger partial charge in [-0.2, -0.15) is 0 Å². The number of carboxylic acid groups (broad SMARTS) is 2. The van der Waals surface area contributed by atoms with Crippen molar-refractivity contribution in [1.82, 2.24) is 0 Å². The monoisotopic (exact) mass is 271 g/mol. The van der Waals surface area contributed by atoms with E-state index in [2.05, 4.69) is 0 Å². The third-order valence-corrected chi connectivity index (χ3v) is 3.05. The van der Waals surface area contributed by atoms with Gasteiger partial charge in [0.05, 0.1) is 11.1 Å². The first-order chi connectivity index (χ1) is 9.40. The molecule has 0 aliphatic carbocycles. The molecule has 2 rings (SSSR count). The number of anilines is 1. The highest BCUT2D eigenvalue weighted by Gasteiger charge is 2.17. The van der Waals surface area contributed by atoms with Gasteiger partial charge in [0.15, 0.2) is 0 Å². The van der Waals surface area contributed by atoms with E-state index in [-0.39, 0.29) is 11.1 Å². The Kier molecular flexibility index (Phi) is 3.43. The minimum absolute atomic E-state index is 0.0124. The molecule has 0 fully saturated rings. The van der Waals surface area contributed by atoms with E-state index in [1.807, 2.05) is 0 Å². The Morgan fingerprint density at radius 3 is 2.00 bits per heavy atom. The van der Waals surface area contributed by atoms with Gasteiger partial charge in [-0.3, -0.25) is 0 Å². The van der Waals surface area contributed by atoms with E-state index < -0.39 is 11.9 Å². The summed E-state index contributed by atoms with van der Waals surface area (Å²) < 4.78 is 0. The van der Waals surface area contributed by atoms with Crippen LogP contribution in [0.2, 0.25) is 0 Å². The molecule has 0 unspecified atom stereocenters. The number of rotatable bonds is 3. The number of aryl methyl sites for hydroxylation is 1. The van der Waals surface area contributed by atoms with Gasteiger partial charge >= 0.3 is 11.9 Å². The molecule has 0 aromatic heterocycles. The van der Waals surface area contributed by atoms with Crippen LogP contribution in [0.1, 0.15) is 26.3 Å². The lowest BCUT2D eigenvalue weighted by molar-refractivity contribution is 0.0695. The molecule has 0 saturated heterocycles. The predicted octanol–water partition coefficient (Wildman–Crippen LogP) is 2.64. The van der Waals surface area contributed by atoms with E-state index in [1.54, 1.807) is 37.3 Å². The van der Waals surface area contributed by atoms with E-state index in [1.165, 1.54) is 6.07 Å². The first kappa shape index (κ1) is 13.6. The average molecular weight is 271 g/mol. The molecule has 0 heterocycles. The highest BCUT2D eigenvalue weighted by molar-refractivity contribution is 6.00. The molecule has 5 heteroatoms. The van der Waals surface area contributed by atoms with Crippen LogP contribution in [0.25, 0.3) is 11.1 Å². The topological polar surface area (TPSA) is 101 Å². The highest BCUT2D eigenvalue weighted by Crippen LogP contribution is 2.28. The molecule has 0 atom stereocenters. The molecule has 0 bridgehead atoms. The fourth-order valence-electron chi connectivity index (χ4n) is 2.02. The summed E-state index contributed by atoms with van der Waals surface area (Å²) in [4.78, 5) is 22.4. The van der Waals surface area contributed by atoms with Crippen LogP contribution in [0.15, 0.2) is 36.4 Å². The fourth-order valence-corrected chi connectivity index (χ4v) is 2.02. The first-order valence-electron chi connectivity index (χ1n) is 5.87. The third kappa shape index (κ3) is 2.47. The van der Waals surface area contributed by atoms with Crippen molar-refractivity contribution in [2.75, 3.05) is 5.73 Å². The van der Waals surface area contributed by atoms with Crippen molar-refractivity contribution in [2.24, 2.45) is 0 Å². The molecule has 2 aromatic rings. The molecule has 102 valence electrons. The summed E-state index contributed by atoms with van der Waals surface area (Å²) in [7, 11) is 0. The van der Waals surface area contributed by atoms with Crippen LogP contribution >= 0.6 is 0 Å². The Labute approximate surface area is 115 Å². The molecule has 0 radical (unpaired) electrons. The Bertz CT molecular complexity index is 690. The average Bonchev–Trinajstić information content (AvgIpc) is 2.38. The quantitative estimate of drug-likeness (QED) is 0.745. The Morgan fingerprint density at radius 1 is 0.950 bits per heavy atom. The predicted molar refractivity (Wildman–Crippen MR) is 74.9 cm³/mol. The van der Waals surface area contributed by atoms with Crippen LogP contribution in [0.4, 0.5) is 5.69 Å². The number of benzene rings is 2. The van der Waals surface area contributed by atoms with E-state index in [0.29, 0.717) is 22.4 Å². The number of carbonyl (C=O) groups is 2. The molecular formula is C15H13NO4. The van der Waals surface area contributed by atoms with Crippen molar-refractivity contribution in [1.29, 1.82) is 0 Å². The van der Waals surface area contributed by atoms with E-state index in [0.717, 1.165) is 0 Å². The van der Waals surface area contributed by atoms with Crippen molar-refractivity contribution in [3.05, 3.63) is 53.1 Å². The van der Waals surface area contributed by atoms with E-state index in [4.69, 9.17) is 10.8 Å². The van der Waals surface area contributed by atoms with Gasteiger partial charge < -0.3 is 15.9 Å². The Balaban J connectivity index is 2.69. The van der Waals surface area contributed by atoms with E-state index >= 15 is 0 Å². The number of hydrogen-bond acceptors (Lipinski definition) is 3. The Hall–Kier alpha value is -2.82. The van der Waals surface area contributed by atoms with Crippen LogP contribution in [-0.2, 0) is 0 Å². The third-order valence-electron chi connectivity index (χ3n) is 3.05. The van der Waals surface area contributed by atoms with Crippen LogP contribution in [0.3, 0.4) is 0 Å². The minimum Gasteiger partial charge on any atom is -0.478 e. The summed E-state index contributed by atoms with van der Waals surface area (Å²) in [5.74, 6) is -2.31. The molecule has 20 heavy (non-hydrogen) atoms. The Morgan fingerprint density at radius 2 is 1.50 bits per heavy atom. The lowest BCUT2D eigenvalue weighted by atomic mass is 9.94. The summed E-state index contributed by atoms with van der Waals surface area (Å²) in [5, 5.41) is 18.3. The van der Waals surface area contributed by atoms with Gasteiger partial charge in [0, 0.05) is 5.69 Å². The summed E-state index contributed by atoms with van der Waals surface area (Å²) in [6, 6.07) is 9.50. The standard InChI is InChI=1S/C15H13NO4/c1-8-6-12(9-2-4-10(16)5-3-9)13(15(19)20)7-11(8)14(17)18/h2-7H,16H2,1H3,(H,17,18)(H,19,20). The molecule has 5 nitrogen and oxygen atoms in total. The SMILES string of the molecule is Cc1cc(-c2ccc(N)cc2)c(C(=O)O)cc1C(=O)O. The second-order valence-corrected chi connectivity index (χ2v) is 4.45. The van der Waals surface area contributed by atoms with Crippen molar-refractivity contribution in [2.45, 2.75) is 6.92 Å². The van der Waals surface area contributed by atoms with Crippen LogP contribution in [-0.4, -0.2) is 22.2 Å². The number of aromatic carboxylic acids is 2. The molecule has 2 aromatic carbocycles. The summed E-state index contributed by atoms with van der Waals surface area (Å²) >= 11 is 0. The molecule has 4 N–H and O–H groups in total. The summed E-state index contributed by atoms with van der Waals surface area (Å²) in [6.07, 6.45) is 0. The fraction of sp³-hybridized carbons (Fsp3) is 0.0667. The van der Waals surface area contributed by atoms with Crippen LogP contribution in [0, 0.1) is 6.92 Å². The summed E-state index contributed by atoms with van der Waals surface area (Å²) in [6.45, 7) is 1.63. The minimum atomic E-state index is -1.17. The second-order valence-electron chi connectivity index (χ2n) is 4.45. The van der Waals surface area contributed by atoms with Crippen molar-refractivity contribution in [3.63, 3.8) is 0 Å². The zero-order valence-corrected chi connectivity index (χ0v) is 10.8. The number of nitrogens with two attached hydrogens (primary N) is 1. The zero-order chi connectivity index (χ0) is 14.9. The zero-order valence-electron chi connectivity index (χ0n) is 10.8. The van der Waals surface area contributed by atoms with E-state index in [9.17, 15) is 14.7 Å². The van der Waals surface area contributed by atoms with Gasteiger partial charge in [-0.1, -0.05) is 12.1 Å². The van der Waals surface area contributed by atoms with Gasteiger partial charge in [0.1, 0.15) is 0 Å². The maximum absolute atomic E-state index is 11.3. The number of nitrogen functional groups attached to an aromatic ring is 1. The van der Waals surface area contributed by atoms with Crippen molar-refractivity contribution in [3.8, 4) is 11.1 Å². The smallest absolute Gasteiger partial charge is 0.336 e. The lowest BCUT2D eigenvalue weighted by Gasteiger charge is -2.10. The van der Waals surface area contributed by atoms with Crippen LogP contribution < -0.4 is 5.73 Å². The normalized spacial score (nSPS) is 10.2. The second kappa shape index (κ2) is 5.05. The van der Waals surface area contributed by atoms with Gasteiger partial charge in [-0.15, -0.1) is 0 Å². The number of hydrogen-bond donors (Lipinski definition) is 3. The maximum Gasteiger partial charge on any atom is 0.336 e. The molecule has 0 aliphatic heterocycles. The largest absolute Gasteiger partial charge is 0.478 e.